The number of hydrogen-bond donors (Lipinski definition) is 1. The summed E-state index contributed by atoms with van der Waals surface area (Å²) in [6, 6.07) is 7.23. The lowest BCUT2D eigenvalue weighted by Crippen LogP contribution is -2.25. The molecule has 1 aromatic rings. The Morgan fingerprint density at radius 1 is 1.35 bits per heavy atom. The predicted molar refractivity (Wildman–Crippen MR) is 80.3 cm³/mol. The maximum Gasteiger partial charge on any atom is 0.123 e. The van der Waals surface area contributed by atoms with E-state index in [1.165, 1.54) is 31.2 Å². The Balaban J connectivity index is 1.84. The van der Waals surface area contributed by atoms with Crippen LogP contribution >= 0.6 is 0 Å². The Morgan fingerprint density at radius 3 is 2.80 bits per heavy atom. The van der Waals surface area contributed by atoms with E-state index in [1.807, 2.05) is 12.1 Å². The standard InChI is InChI=1S/C17H26FNO/c1-2-3-6-17(14-7-9-15(18)10-8-14)19-12-11-16-5-4-13-20-16/h7-10,16-17,19H,2-6,11-13H2,1H3. The Bertz CT molecular complexity index is 373. The fraction of sp³-hybridized carbons (Fsp3) is 0.647. The molecule has 2 atom stereocenters. The monoisotopic (exact) mass is 279 g/mol. The fourth-order valence-corrected chi connectivity index (χ4v) is 2.78. The topological polar surface area (TPSA) is 21.3 Å². The van der Waals surface area contributed by atoms with Crippen LogP contribution in [0.25, 0.3) is 0 Å². The predicted octanol–water partition coefficient (Wildman–Crippen LogP) is 4.22. The van der Waals surface area contributed by atoms with E-state index < -0.39 is 0 Å². The third-order valence-electron chi connectivity index (χ3n) is 4.00. The summed E-state index contributed by atoms with van der Waals surface area (Å²) in [5.41, 5.74) is 1.19. The highest BCUT2D eigenvalue weighted by Crippen LogP contribution is 2.21. The van der Waals surface area contributed by atoms with Crippen LogP contribution in [0.1, 0.15) is 57.1 Å². The van der Waals surface area contributed by atoms with Crippen molar-refractivity contribution in [3.63, 3.8) is 0 Å². The van der Waals surface area contributed by atoms with Crippen LogP contribution in [0.5, 0.6) is 0 Å². The normalized spacial score (nSPS) is 20.2. The van der Waals surface area contributed by atoms with Crippen molar-refractivity contribution in [3.05, 3.63) is 35.6 Å². The zero-order valence-electron chi connectivity index (χ0n) is 12.4. The van der Waals surface area contributed by atoms with E-state index in [0.29, 0.717) is 12.1 Å². The van der Waals surface area contributed by atoms with Crippen molar-refractivity contribution in [1.29, 1.82) is 0 Å². The first-order valence-corrected chi connectivity index (χ1v) is 7.90. The number of halogens is 1. The summed E-state index contributed by atoms with van der Waals surface area (Å²) in [7, 11) is 0. The molecule has 112 valence electrons. The minimum atomic E-state index is -0.164. The van der Waals surface area contributed by atoms with Crippen LogP contribution in [-0.2, 0) is 4.74 Å². The summed E-state index contributed by atoms with van der Waals surface area (Å²) in [6.45, 7) is 4.09. The van der Waals surface area contributed by atoms with E-state index in [1.54, 1.807) is 12.1 Å². The minimum Gasteiger partial charge on any atom is -0.378 e. The molecule has 1 aliphatic rings. The summed E-state index contributed by atoms with van der Waals surface area (Å²) in [5, 5.41) is 3.61. The fourth-order valence-electron chi connectivity index (χ4n) is 2.78. The SMILES string of the molecule is CCCCC(NCCC1CCCO1)c1ccc(F)cc1. The van der Waals surface area contributed by atoms with Crippen LogP contribution in [-0.4, -0.2) is 19.3 Å². The molecule has 2 rings (SSSR count). The number of rotatable bonds is 8. The van der Waals surface area contributed by atoms with E-state index in [2.05, 4.69) is 12.2 Å². The molecule has 0 amide bonds. The Hall–Kier alpha value is -0.930. The molecule has 1 aliphatic heterocycles. The molecule has 1 saturated heterocycles. The molecule has 0 spiro atoms. The number of hydrogen-bond acceptors (Lipinski definition) is 2. The van der Waals surface area contributed by atoms with Crippen molar-refractivity contribution in [3.8, 4) is 0 Å². The molecule has 2 unspecified atom stereocenters. The highest BCUT2D eigenvalue weighted by Gasteiger charge is 2.16. The molecular weight excluding hydrogens is 253 g/mol. The third kappa shape index (κ3) is 4.88. The molecule has 1 heterocycles. The maximum atomic E-state index is 13.0. The molecule has 1 fully saturated rings. The number of unbranched alkanes of at least 4 members (excludes halogenated alkanes) is 1. The largest absolute Gasteiger partial charge is 0.378 e. The van der Waals surface area contributed by atoms with Crippen molar-refractivity contribution in [2.24, 2.45) is 0 Å². The van der Waals surface area contributed by atoms with E-state index in [0.717, 1.165) is 26.0 Å². The lowest BCUT2D eigenvalue weighted by atomic mass is 10.0. The molecule has 1 aromatic carbocycles. The van der Waals surface area contributed by atoms with Crippen molar-refractivity contribution in [2.75, 3.05) is 13.2 Å². The first-order valence-electron chi connectivity index (χ1n) is 7.90. The van der Waals surface area contributed by atoms with Crippen molar-refractivity contribution < 1.29 is 9.13 Å². The summed E-state index contributed by atoms with van der Waals surface area (Å²) >= 11 is 0. The summed E-state index contributed by atoms with van der Waals surface area (Å²) in [6.07, 6.45) is 7.37. The van der Waals surface area contributed by atoms with Crippen LogP contribution in [0.3, 0.4) is 0 Å². The average Bonchev–Trinajstić information content (AvgIpc) is 2.97. The maximum absolute atomic E-state index is 13.0. The van der Waals surface area contributed by atoms with Crippen molar-refractivity contribution in [2.45, 2.75) is 57.6 Å². The number of benzene rings is 1. The first kappa shape index (κ1) is 15.5. The lowest BCUT2D eigenvalue weighted by Gasteiger charge is -2.20. The number of ether oxygens (including phenoxy) is 1. The smallest absolute Gasteiger partial charge is 0.123 e. The van der Waals surface area contributed by atoms with Crippen LogP contribution in [0.2, 0.25) is 0 Å². The van der Waals surface area contributed by atoms with Gasteiger partial charge in [-0.25, -0.2) is 4.39 Å². The zero-order valence-corrected chi connectivity index (χ0v) is 12.4. The lowest BCUT2D eigenvalue weighted by molar-refractivity contribution is 0.103. The minimum absolute atomic E-state index is 0.164. The van der Waals surface area contributed by atoms with Gasteiger partial charge in [0.1, 0.15) is 5.82 Å². The molecule has 2 nitrogen and oxygen atoms in total. The van der Waals surface area contributed by atoms with Gasteiger partial charge in [-0.1, -0.05) is 31.9 Å². The van der Waals surface area contributed by atoms with E-state index >= 15 is 0 Å². The van der Waals surface area contributed by atoms with Gasteiger partial charge >= 0.3 is 0 Å². The van der Waals surface area contributed by atoms with Crippen LogP contribution in [0, 0.1) is 5.82 Å². The molecule has 1 N–H and O–H groups in total. The zero-order chi connectivity index (χ0) is 14.2. The molecule has 0 saturated carbocycles. The van der Waals surface area contributed by atoms with Gasteiger partial charge < -0.3 is 10.1 Å². The summed E-state index contributed by atoms with van der Waals surface area (Å²) < 4.78 is 18.7. The van der Waals surface area contributed by atoms with Gasteiger partial charge in [-0.2, -0.15) is 0 Å². The van der Waals surface area contributed by atoms with Gasteiger partial charge in [-0.3, -0.25) is 0 Å². The van der Waals surface area contributed by atoms with E-state index in [4.69, 9.17) is 4.74 Å². The summed E-state index contributed by atoms with van der Waals surface area (Å²) in [4.78, 5) is 0. The second kappa shape index (κ2) is 8.38. The van der Waals surface area contributed by atoms with Gasteiger partial charge in [0.25, 0.3) is 0 Å². The molecule has 3 heteroatoms. The van der Waals surface area contributed by atoms with Crippen LogP contribution in [0.4, 0.5) is 4.39 Å². The molecule has 0 bridgehead atoms. The Labute approximate surface area is 121 Å². The molecular formula is C17H26FNO. The molecule has 0 aliphatic carbocycles. The Kier molecular flexibility index (Phi) is 6.48. The van der Waals surface area contributed by atoms with E-state index in [9.17, 15) is 4.39 Å². The Morgan fingerprint density at radius 2 is 2.15 bits per heavy atom. The average molecular weight is 279 g/mol. The highest BCUT2D eigenvalue weighted by molar-refractivity contribution is 5.19. The van der Waals surface area contributed by atoms with Gasteiger partial charge in [0.15, 0.2) is 0 Å². The van der Waals surface area contributed by atoms with Gasteiger partial charge in [-0.15, -0.1) is 0 Å². The number of nitrogens with one attached hydrogen (secondary N) is 1. The van der Waals surface area contributed by atoms with Gasteiger partial charge in [0.05, 0.1) is 6.10 Å². The van der Waals surface area contributed by atoms with Crippen LogP contribution < -0.4 is 5.32 Å². The van der Waals surface area contributed by atoms with E-state index in [-0.39, 0.29) is 5.82 Å². The second-order valence-electron chi connectivity index (χ2n) is 5.62. The van der Waals surface area contributed by atoms with Crippen LogP contribution in [0.15, 0.2) is 24.3 Å². The van der Waals surface area contributed by atoms with Crippen molar-refractivity contribution >= 4 is 0 Å². The first-order chi connectivity index (χ1) is 9.79. The quantitative estimate of drug-likeness (QED) is 0.769. The summed E-state index contributed by atoms with van der Waals surface area (Å²) in [5.74, 6) is -0.164. The van der Waals surface area contributed by atoms with Gasteiger partial charge in [-0.05, 0) is 49.9 Å². The van der Waals surface area contributed by atoms with Gasteiger partial charge in [0.2, 0.25) is 0 Å². The van der Waals surface area contributed by atoms with Crippen molar-refractivity contribution in [1.82, 2.24) is 5.32 Å². The second-order valence-corrected chi connectivity index (χ2v) is 5.62. The molecule has 20 heavy (non-hydrogen) atoms. The van der Waals surface area contributed by atoms with Gasteiger partial charge in [0, 0.05) is 12.6 Å². The molecule has 0 aromatic heterocycles. The third-order valence-corrected chi connectivity index (χ3v) is 4.00. The molecule has 0 radical (unpaired) electrons. The highest BCUT2D eigenvalue weighted by atomic mass is 19.1.